The van der Waals surface area contributed by atoms with E-state index in [2.05, 4.69) is 111 Å². The number of nitrogens with zero attached hydrogens (tertiary/aromatic N) is 1. The van der Waals surface area contributed by atoms with E-state index in [-0.39, 0.29) is 38.6 Å². The van der Waals surface area contributed by atoms with Gasteiger partial charge in [0.1, 0.15) is 13.2 Å². The first-order chi connectivity index (χ1) is 44.1. The summed E-state index contributed by atoms with van der Waals surface area (Å²) in [5, 5.41) is 11.8. The number of allylic oxidation sites excluding steroid dienone is 16. The smallest absolute Gasteiger partial charge is 0.306 e. The number of esters is 2. The molecule has 0 N–H and O–H groups in total. The van der Waals surface area contributed by atoms with Gasteiger partial charge < -0.3 is 33.3 Å². The van der Waals surface area contributed by atoms with Crippen LogP contribution in [0.2, 0.25) is 0 Å². The van der Waals surface area contributed by atoms with Crippen molar-refractivity contribution in [1.82, 2.24) is 0 Å². The standard InChI is InChI=1S/C81H143NO8/c1-6-8-10-12-14-16-18-20-22-24-26-28-30-32-34-35-36-37-38-39-40-41-42-43-44-46-47-49-51-53-55-57-59-61-63-65-67-69-71-78(83)88-75-77(76-89-81(80(85)86)87-74-73-82(3,4)5)90-79(84)72-70-68-66-64-62-60-58-56-54-52-50-48-45-33-31-29-27-25-23-21-19-17-15-13-11-9-7-2/h9,11,15,17,21,23,27,29,33,45,50,52,56,58,62,64,77,81H,6-8,10,12-14,16,18-20,22,24-26,28,30-32,34-44,46-49,51,53-55,57,59-61,63,65-76H2,1-5H3/b11-9-,17-15-,23-21-,29-27-,45-33-,52-50-,58-56-,64-62-. The van der Waals surface area contributed by atoms with Gasteiger partial charge in [-0.15, -0.1) is 0 Å². The van der Waals surface area contributed by atoms with Crippen LogP contribution in [0, 0.1) is 0 Å². The fourth-order valence-electron chi connectivity index (χ4n) is 10.9. The molecule has 9 nitrogen and oxygen atoms in total. The first kappa shape index (κ1) is 86.2. The van der Waals surface area contributed by atoms with Crippen molar-refractivity contribution in [3.8, 4) is 0 Å². The molecule has 90 heavy (non-hydrogen) atoms. The van der Waals surface area contributed by atoms with Gasteiger partial charge in [-0.3, -0.25) is 9.59 Å². The van der Waals surface area contributed by atoms with Crippen molar-refractivity contribution >= 4 is 17.9 Å². The van der Waals surface area contributed by atoms with Gasteiger partial charge in [-0.1, -0.05) is 349 Å². The Morgan fingerprint density at radius 2 is 0.633 bits per heavy atom. The Morgan fingerprint density at radius 1 is 0.344 bits per heavy atom. The molecule has 0 spiro atoms. The summed E-state index contributed by atoms with van der Waals surface area (Å²) < 4.78 is 22.8. The minimum atomic E-state index is -1.64. The summed E-state index contributed by atoms with van der Waals surface area (Å²) in [4.78, 5) is 37.5. The van der Waals surface area contributed by atoms with Crippen LogP contribution in [-0.4, -0.2) is 82.3 Å². The van der Waals surface area contributed by atoms with E-state index < -0.39 is 24.3 Å². The van der Waals surface area contributed by atoms with Crippen LogP contribution < -0.4 is 5.11 Å². The number of hydrogen-bond acceptors (Lipinski definition) is 8. The molecule has 2 atom stereocenters. The Kier molecular flexibility index (Phi) is 68.1. The first-order valence-electron chi connectivity index (χ1n) is 37.9. The number of unbranched alkanes of at least 4 members (excludes halogenated alkanes) is 39. The second kappa shape index (κ2) is 71.1. The molecule has 520 valence electrons. The Hall–Kier alpha value is -3.79. The van der Waals surface area contributed by atoms with Gasteiger partial charge in [0.2, 0.25) is 0 Å². The van der Waals surface area contributed by atoms with Crippen molar-refractivity contribution in [2.24, 2.45) is 0 Å². The van der Waals surface area contributed by atoms with E-state index in [0.29, 0.717) is 17.4 Å². The molecule has 0 aliphatic rings. The summed E-state index contributed by atoms with van der Waals surface area (Å²) in [7, 11) is 5.92. The number of rotatable bonds is 70. The lowest BCUT2D eigenvalue weighted by atomic mass is 10.0. The van der Waals surface area contributed by atoms with Gasteiger partial charge in [-0.05, 0) is 77.0 Å². The average molecular weight is 1260 g/mol. The maximum atomic E-state index is 12.9. The van der Waals surface area contributed by atoms with E-state index in [9.17, 15) is 19.5 Å². The maximum absolute atomic E-state index is 12.9. The number of hydrogen-bond donors (Lipinski definition) is 0. The SMILES string of the molecule is CC/C=C\C/C=C\C/C=C\C/C=C\C/C=C\C/C=C\C/C=C\C/C=C\CCCCC(=O)OC(COC(=O)CCCCCCCCCCCCCCCCCCCCCCCCCCCCCCCCCCCCCCCC)COC(OCC[N+](C)(C)C)C(=O)[O-]. The number of carboxylic acid groups (broad SMARTS) is 1. The zero-order valence-electron chi connectivity index (χ0n) is 59.5. The predicted octanol–water partition coefficient (Wildman–Crippen LogP) is 22.6. The fraction of sp³-hybridized carbons (Fsp3) is 0.765. The molecule has 0 aliphatic carbocycles. The molecule has 0 saturated heterocycles. The lowest BCUT2D eigenvalue weighted by molar-refractivity contribution is -0.870. The van der Waals surface area contributed by atoms with Crippen LogP contribution in [-0.2, 0) is 33.3 Å². The number of likely N-dealkylation sites (N-methyl/N-ethyl adjacent to an activating group) is 1. The lowest BCUT2D eigenvalue weighted by Crippen LogP contribution is -2.44. The second-order valence-electron chi connectivity index (χ2n) is 26.6. The molecule has 0 amide bonds. The Morgan fingerprint density at radius 3 is 0.944 bits per heavy atom. The average Bonchev–Trinajstić information content (AvgIpc) is 3.74. The van der Waals surface area contributed by atoms with E-state index in [4.69, 9.17) is 18.9 Å². The zero-order valence-corrected chi connectivity index (χ0v) is 59.5. The molecular weight excluding hydrogens is 1110 g/mol. The largest absolute Gasteiger partial charge is 0.545 e. The summed E-state index contributed by atoms with van der Waals surface area (Å²) in [6, 6.07) is 0. The van der Waals surface area contributed by atoms with Crippen molar-refractivity contribution < 1.29 is 42.9 Å². The lowest BCUT2D eigenvalue weighted by Gasteiger charge is -2.26. The Labute approximate surface area is 556 Å². The number of ether oxygens (including phenoxy) is 4. The molecule has 0 aliphatic heterocycles. The fourth-order valence-corrected chi connectivity index (χ4v) is 10.9. The van der Waals surface area contributed by atoms with E-state index in [1.54, 1.807) is 0 Å². The van der Waals surface area contributed by atoms with Crippen LogP contribution in [0.5, 0.6) is 0 Å². The predicted molar refractivity (Wildman–Crippen MR) is 384 cm³/mol. The van der Waals surface area contributed by atoms with Crippen molar-refractivity contribution in [2.75, 3.05) is 47.5 Å². The number of carbonyl (C=O) groups is 3. The van der Waals surface area contributed by atoms with Crippen molar-refractivity contribution in [2.45, 2.75) is 354 Å². The number of carboxylic acids is 1. The Bertz CT molecular complexity index is 1800. The van der Waals surface area contributed by atoms with Gasteiger partial charge in [0.25, 0.3) is 0 Å². The maximum Gasteiger partial charge on any atom is 0.306 e. The highest BCUT2D eigenvalue weighted by molar-refractivity contribution is 5.70. The van der Waals surface area contributed by atoms with Crippen LogP contribution in [0.25, 0.3) is 0 Å². The topological polar surface area (TPSA) is 111 Å². The molecule has 0 fully saturated rings. The number of carbonyl (C=O) groups excluding carboxylic acids is 3. The van der Waals surface area contributed by atoms with E-state index in [1.165, 1.54) is 225 Å². The summed E-state index contributed by atoms with van der Waals surface area (Å²) >= 11 is 0. The molecule has 0 rings (SSSR count). The van der Waals surface area contributed by atoms with Gasteiger partial charge in [0, 0.05) is 12.8 Å². The van der Waals surface area contributed by atoms with Crippen LogP contribution >= 0.6 is 0 Å². The van der Waals surface area contributed by atoms with Gasteiger partial charge in [0.05, 0.1) is 40.3 Å². The monoisotopic (exact) mass is 1260 g/mol. The highest BCUT2D eigenvalue weighted by Gasteiger charge is 2.22. The van der Waals surface area contributed by atoms with E-state index in [0.717, 1.165) is 83.5 Å². The minimum absolute atomic E-state index is 0.135. The van der Waals surface area contributed by atoms with Crippen LogP contribution in [0.3, 0.4) is 0 Å². The van der Waals surface area contributed by atoms with Gasteiger partial charge in [-0.2, -0.15) is 0 Å². The quantitative estimate of drug-likeness (QED) is 0.0195. The minimum Gasteiger partial charge on any atom is -0.545 e. The first-order valence-corrected chi connectivity index (χ1v) is 37.9. The highest BCUT2D eigenvalue weighted by Crippen LogP contribution is 2.19. The van der Waals surface area contributed by atoms with Crippen LogP contribution in [0.15, 0.2) is 97.2 Å². The normalized spacial score (nSPS) is 13.2. The second-order valence-corrected chi connectivity index (χ2v) is 26.6. The summed E-state index contributed by atoms with van der Waals surface area (Å²) in [5.41, 5.74) is 0. The third-order valence-corrected chi connectivity index (χ3v) is 16.6. The van der Waals surface area contributed by atoms with Gasteiger partial charge in [-0.25, -0.2) is 0 Å². The molecule has 0 heterocycles. The molecule has 0 saturated carbocycles. The van der Waals surface area contributed by atoms with E-state index in [1.807, 2.05) is 21.1 Å². The molecule has 0 aromatic carbocycles. The van der Waals surface area contributed by atoms with Crippen molar-refractivity contribution in [3.63, 3.8) is 0 Å². The summed E-state index contributed by atoms with van der Waals surface area (Å²) in [6.45, 7) is 4.62. The summed E-state index contributed by atoms with van der Waals surface area (Å²) in [5.74, 6) is -2.34. The molecule has 0 bridgehead atoms. The summed E-state index contributed by atoms with van der Waals surface area (Å²) in [6.07, 6.45) is 95.4. The third kappa shape index (κ3) is 71.6. The van der Waals surface area contributed by atoms with Crippen molar-refractivity contribution in [3.05, 3.63) is 97.2 Å². The molecule has 0 aromatic heterocycles. The molecule has 0 radical (unpaired) electrons. The molecule has 9 heteroatoms. The zero-order chi connectivity index (χ0) is 65.4. The molecule has 0 aromatic rings. The Balaban J connectivity index is 4.07. The number of quaternary nitrogens is 1. The van der Waals surface area contributed by atoms with E-state index >= 15 is 0 Å². The third-order valence-electron chi connectivity index (χ3n) is 16.6. The van der Waals surface area contributed by atoms with Crippen molar-refractivity contribution in [1.29, 1.82) is 0 Å². The highest BCUT2D eigenvalue weighted by atomic mass is 16.7. The number of aliphatic carboxylic acids is 1. The molecule has 2 unspecified atom stereocenters. The van der Waals surface area contributed by atoms with Gasteiger partial charge >= 0.3 is 11.9 Å². The van der Waals surface area contributed by atoms with Crippen LogP contribution in [0.4, 0.5) is 0 Å². The van der Waals surface area contributed by atoms with Gasteiger partial charge in [0.15, 0.2) is 12.4 Å². The molecular formula is C81H143NO8. The van der Waals surface area contributed by atoms with Crippen LogP contribution in [0.1, 0.15) is 341 Å².